The molecule has 0 unspecified atom stereocenters. The maximum Gasteiger partial charge on any atom is 0.287 e. The van der Waals surface area contributed by atoms with Crippen molar-refractivity contribution in [1.82, 2.24) is 4.98 Å². The van der Waals surface area contributed by atoms with Gasteiger partial charge in [-0.25, -0.2) is 4.98 Å². The zero-order valence-corrected chi connectivity index (χ0v) is 12.8. The van der Waals surface area contributed by atoms with E-state index in [9.17, 15) is 10.1 Å². The van der Waals surface area contributed by atoms with Crippen molar-refractivity contribution in [2.24, 2.45) is 0 Å². The predicted octanol–water partition coefficient (Wildman–Crippen LogP) is 3.57. The van der Waals surface area contributed by atoms with E-state index in [2.05, 4.69) is 15.3 Å². The summed E-state index contributed by atoms with van der Waals surface area (Å²) in [6, 6.07) is 6.83. The number of benzene rings is 1. The molecular weight excluding hydrogens is 300 g/mol. The van der Waals surface area contributed by atoms with Crippen molar-refractivity contribution in [2.75, 3.05) is 11.4 Å². The van der Waals surface area contributed by atoms with Crippen molar-refractivity contribution >= 4 is 22.7 Å². The van der Waals surface area contributed by atoms with Gasteiger partial charge in [0, 0.05) is 23.7 Å². The molecule has 7 heteroatoms. The van der Waals surface area contributed by atoms with E-state index in [-0.39, 0.29) is 17.3 Å². The number of nitro groups is 1. The Bertz CT molecular complexity index is 765. The number of hydrogen-bond acceptors (Lipinski definition) is 6. The van der Waals surface area contributed by atoms with Crippen LogP contribution in [0.2, 0.25) is 0 Å². The highest BCUT2D eigenvalue weighted by atomic mass is 32.1. The van der Waals surface area contributed by atoms with Crippen molar-refractivity contribution in [1.29, 1.82) is 5.26 Å². The molecule has 2 aromatic rings. The van der Waals surface area contributed by atoms with E-state index in [0.717, 1.165) is 35.8 Å². The summed E-state index contributed by atoms with van der Waals surface area (Å²) in [5, 5.41) is 23.2. The summed E-state index contributed by atoms with van der Waals surface area (Å²) in [6.07, 6.45) is 2.04. The van der Waals surface area contributed by atoms with Crippen molar-refractivity contribution in [3.63, 3.8) is 0 Å². The molecule has 1 fully saturated rings. The second kappa shape index (κ2) is 5.73. The van der Waals surface area contributed by atoms with Gasteiger partial charge in [0.2, 0.25) is 0 Å². The Morgan fingerprint density at radius 3 is 3.00 bits per heavy atom. The molecule has 112 valence electrons. The SMILES string of the molecule is Cc1nc([C@@H]2CCCN2c2ccc([N+](=O)[O-])c(C#N)c2)cs1. The molecule has 1 aromatic heterocycles. The zero-order valence-electron chi connectivity index (χ0n) is 12.0. The lowest BCUT2D eigenvalue weighted by molar-refractivity contribution is -0.385. The molecule has 1 aliphatic heterocycles. The summed E-state index contributed by atoms with van der Waals surface area (Å²) < 4.78 is 0. The van der Waals surface area contributed by atoms with Gasteiger partial charge in [-0.05, 0) is 31.9 Å². The van der Waals surface area contributed by atoms with E-state index >= 15 is 0 Å². The highest BCUT2D eigenvalue weighted by molar-refractivity contribution is 7.09. The molecule has 0 radical (unpaired) electrons. The summed E-state index contributed by atoms with van der Waals surface area (Å²) >= 11 is 1.62. The van der Waals surface area contributed by atoms with Gasteiger partial charge in [-0.2, -0.15) is 5.26 Å². The van der Waals surface area contributed by atoms with Crippen LogP contribution in [0.1, 0.15) is 35.1 Å². The first-order valence-corrected chi connectivity index (χ1v) is 7.85. The topological polar surface area (TPSA) is 83.1 Å². The van der Waals surface area contributed by atoms with E-state index < -0.39 is 4.92 Å². The minimum absolute atomic E-state index is 0.0996. The van der Waals surface area contributed by atoms with E-state index in [4.69, 9.17) is 5.26 Å². The van der Waals surface area contributed by atoms with Crippen LogP contribution < -0.4 is 4.90 Å². The third-order valence-electron chi connectivity index (χ3n) is 3.86. The number of aromatic nitrogens is 1. The number of nitro benzene ring substituents is 1. The van der Waals surface area contributed by atoms with Gasteiger partial charge in [0.25, 0.3) is 5.69 Å². The van der Waals surface area contributed by atoms with Gasteiger partial charge < -0.3 is 4.90 Å². The third-order valence-corrected chi connectivity index (χ3v) is 4.65. The average Bonchev–Trinajstić information content (AvgIpc) is 3.14. The van der Waals surface area contributed by atoms with E-state index in [1.54, 1.807) is 23.5 Å². The van der Waals surface area contributed by atoms with Crippen molar-refractivity contribution < 1.29 is 4.92 Å². The Morgan fingerprint density at radius 2 is 2.36 bits per heavy atom. The fourth-order valence-corrected chi connectivity index (χ4v) is 3.53. The number of nitrogens with zero attached hydrogens (tertiary/aromatic N) is 4. The summed E-state index contributed by atoms with van der Waals surface area (Å²) in [5.41, 5.74) is 1.83. The molecule has 1 atom stereocenters. The van der Waals surface area contributed by atoms with Gasteiger partial charge in [0.1, 0.15) is 11.6 Å². The normalized spacial score (nSPS) is 17.5. The second-order valence-corrected chi connectivity index (χ2v) is 6.28. The fraction of sp³-hybridized carbons (Fsp3) is 0.333. The minimum Gasteiger partial charge on any atom is -0.363 e. The molecular formula is C15H14N4O2S. The molecule has 0 aliphatic carbocycles. The van der Waals surface area contributed by atoms with Crippen molar-refractivity contribution in [3.05, 3.63) is 50.0 Å². The predicted molar refractivity (Wildman–Crippen MR) is 84.0 cm³/mol. The first-order valence-electron chi connectivity index (χ1n) is 6.97. The van der Waals surface area contributed by atoms with Gasteiger partial charge in [-0.1, -0.05) is 0 Å². The smallest absolute Gasteiger partial charge is 0.287 e. The largest absolute Gasteiger partial charge is 0.363 e. The number of thiazole rings is 1. The second-order valence-electron chi connectivity index (χ2n) is 5.21. The van der Waals surface area contributed by atoms with Gasteiger partial charge in [0.15, 0.2) is 0 Å². The molecule has 0 N–H and O–H groups in total. The van der Waals surface area contributed by atoms with Crippen molar-refractivity contribution in [2.45, 2.75) is 25.8 Å². The lowest BCUT2D eigenvalue weighted by Crippen LogP contribution is -2.22. The highest BCUT2D eigenvalue weighted by Crippen LogP contribution is 2.37. The summed E-state index contributed by atoms with van der Waals surface area (Å²) in [4.78, 5) is 17.2. The van der Waals surface area contributed by atoms with Gasteiger partial charge in [-0.15, -0.1) is 11.3 Å². The molecule has 1 aromatic carbocycles. The van der Waals surface area contributed by atoms with Crippen LogP contribution in [0.25, 0.3) is 0 Å². The Kier molecular flexibility index (Phi) is 3.77. The molecule has 1 aliphatic rings. The van der Waals surface area contributed by atoms with Gasteiger partial charge in [0.05, 0.1) is 21.7 Å². The van der Waals surface area contributed by atoms with Crippen LogP contribution in [0.4, 0.5) is 11.4 Å². The molecule has 0 saturated carbocycles. The number of aryl methyl sites for hydroxylation is 1. The summed E-state index contributed by atoms with van der Waals surface area (Å²) in [6.45, 7) is 2.84. The Balaban J connectivity index is 1.96. The van der Waals surface area contributed by atoms with Crippen molar-refractivity contribution in [3.8, 4) is 6.07 Å². The van der Waals surface area contributed by atoms with E-state index in [1.807, 2.05) is 13.0 Å². The monoisotopic (exact) mass is 314 g/mol. The first kappa shape index (κ1) is 14.5. The standard InChI is InChI=1S/C15H14N4O2S/c1-10-17-13(9-22-10)15-3-2-6-18(15)12-4-5-14(19(20)21)11(7-12)8-16/h4-5,7,9,15H,2-3,6H2,1H3/t15-/m0/s1. The van der Waals surface area contributed by atoms with Crippen LogP contribution in [0.5, 0.6) is 0 Å². The zero-order chi connectivity index (χ0) is 15.7. The molecule has 1 saturated heterocycles. The maximum absolute atomic E-state index is 10.9. The Morgan fingerprint density at radius 1 is 1.55 bits per heavy atom. The third kappa shape index (κ3) is 2.53. The quantitative estimate of drug-likeness (QED) is 0.639. The van der Waals surface area contributed by atoms with E-state index in [1.165, 1.54) is 6.07 Å². The summed E-state index contributed by atoms with van der Waals surface area (Å²) in [5.74, 6) is 0. The highest BCUT2D eigenvalue weighted by Gasteiger charge is 2.29. The lowest BCUT2D eigenvalue weighted by atomic mass is 10.1. The Hall–Kier alpha value is -2.46. The molecule has 0 spiro atoms. The number of rotatable bonds is 3. The van der Waals surface area contributed by atoms with Gasteiger partial charge in [-0.3, -0.25) is 10.1 Å². The first-order chi connectivity index (χ1) is 10.6. The van der Waals surface area contributed by atoms with Crippen LogP contribution >= 0.6 is 11.3 Å². The van der Waals surface area contributed by atoms with Crippen LogP contribution in [-0.4, -0.2) is 16.5 Å². The molecule has 3 rings (SSSR count). The number of hydrogen-bond donors (Lipinski definition) is 0. The van der Waals surface area contributed by atoms with Gasteiger partial charge >= 0.3 is 0 Å². The summed E-state index contributed by atoms with van der Waals surface area (Å²) in [7, 11) is 0. The minimum atomic E-state index is -0.520. The molecule has 0 amide bonds. The molecule has 6 nitrogen and oxygen atoms in total. The van der Waals surface area contributed by atoms with Crippen LogP contribution in [-0.2, 0) is 0 Å². The molecule has 0 bridgehead atoms. The maximum atomic E-state index is 10.9. The Labute approximate surface area is 131 Å². The van der Waals surface area contributed by atoms with E-state index in [0.29, 0.717) is 0 Å². The molecule has 22 heavy (non-hydrogen) atoms. The number of nitriles is 1. The van der Waals surface area contributed by atoms with Crippen LogP contribution in [0, 0.1) is 28.4 Å². The van der Waals surface area contributed by atoms with Crippen LogP contribution in [0.15, 0.2) is 23.6 Å². The lowest BCUT2D eigenvalue weighted by Gasteiger charge is -2.25. The molecule has 2 heterocycles. The average molecular weight is 314 g/mol. The fourth-order valence-electron chi connectivity index (χ4n) is 2.87. The van der Waals surface area contributed by atoms with Crippen LogP contribution in [0.3, 0.4) is 0 Å². The number of anilines is 1.